The summed E-state index contributed by atoms with van der Waals surface area (Å²) in [6, 6.07) is 9.38. The van der Waals surface area contributed by atoms with Crippen LogP contribution in [0.4, 0.5) is 0 Å². The molecule has 0 bridgehead atoms. The summed E-state index contributed by atoms with van der Waals surface area (Å²) in [6.07, 6.45) is 8.97. The number of benzene rings is 2. The highest BCUT2D eigenvalue weighted by Crippen LogP contribution is 2.38. The SMILES string of the molecule is COc1cc(-c2cn(C)c(=O)c3cnccc23)cc(OC)c1CN1CCCC(OCc2cn(CCOCCOc3ccc4c(c3)C(=O)N(C3CCC(=O)NC3=O)C4=O)nn2)C1. The van der Waals surface area contributed by atoms with Gasteiger partial charge in [0.1, 0.15) is 35.6 Å². The van der Waals surface area contributed by atoms with Crippen molar-refractivity contribution in [2.24, 2.45) is 7.05 Å². The third-order valence-corrected chi connectivity index (χ3v) is 11.2. The van der Waals surface area contributed by atoms with Gasteiger partial charge in [-0.25, -0.2) is 4.68 Å². The number of amides is 4. The number of nitrogens with one attached hydrogen (secondary N) is 1. The summed E-state index contributed by atoms with van der Waals surface area (Å²) in [5, 5.41) is 12.0. The van der Waals surface area contributed by atoms with Gasteiger partial charge in [0.15, 0.2) is 0 Å². The van der Waals surface area contributed by atoms with Gasteiger partial charge in [0.25, 0.3) is 17.4 Å². The smallest absolute Gasteiger partial charge is 0.262 e. The predicted octanol–water partition coefficient (Wildman–Crippen LogP) is 2.89. The highest BCUT2D eigenvalue weighted by Gasteiger charge is 2.44. The van der Waals surface area contributed by atoms with Gasteiger partial charge in [0, 0.05) is 50.7 Å². The topological polar surface area (TPSA) is 199 Å². The fourth-order valence-corrected chi connectivity index (χ4v) is 8.09. The van der Waals surface area contributed by atoms with E-state index < -0.39 is 29.7 Å². The number of nitrogens with zero attached hydrogens (tertiary/aromatic N) is 7. The standard InChI is InChI=1S/C43H46N8O10/c1-48-23-34(30-10-11-44-20-33(30)41(48)54)26-17-37(57-2)35(38(18-26)58-3)24-49-12-4-5-29(22-49)61-25-27-21-50(47-46-27)13-14-59-15-16-60-28-6-7-31-32(19-28)43(56)51(42(31)55)36-8-9-39(52)45-40(36)53/h6-7,10-11,17-21,23,29,36H,4-5,8-9,12-16,22,24-25H2,1-3H3,(H,45,52,53). The fraction of sp³-hybridized carbons (Fsp3) is 0.395. The molecule has 2 atom stereocenters. The Morgan fingerprint density at radius 2 is 1.67 bits per heavy atom. The van der Waals surface area contributed by atoms with Gasteiger partial charge < -0.3 is 28.3 Å². The molecule has 0 spiro atoms. The first-order valence-corrected chi connectivity index (χ1v) is 20.1. The molecule has 3 aliphatic heterocycles. The number of carbonyl (C=O) groups excluding carboxylic acids is 4. The molecule has 3 aromatic heterocycles. The Labute approximate surface area is 350 Å². The zero-order valence-electron chi connectivity index (χ0n) is 34.1. The molecule has 2 fully saturated rings. The molecule has 0 aliphatic carbocycles. The Morgan fingerprint density at radius 1 is 0.869 bits per heavy atom. The molecular formula is C43H46N8O10. The number of methoxy groups -OCH3 is 2. The van der Waals surface area contributed by atoms with Crippen molar-refractivity contribution in [3.8, 4) is 28.4 Å². The minimum Gasteiger partial charge on any atom is -0.496 e. The van der Waals surface area contributed by atoms with Crippen molar-refractivity contribution >= 4 is 34.4 Å². The normalized spacial score (nSPS) is 18.1. The first kappa shape index (κ1) is 41.2. The van der Waals surface area contributed by atoms with Crippen LogP contribution in [0.2, 0.25) is 0 Å². The molecule has 8 rings (SSSR count). The van der Waals surface area contributed by atoms with Gasteiger partial charge in [-0.05, 0) is 73.2 Å². The number of aryl methyl sites for hydroxylation is 1. The molecule has 0 saturated carbocycles. The first-order chi connectivity index (χ1) is 29.6. The van der Waals surface area contributed by atoms with Crippen LogP contribution in [-0.4, -0.2) is 117 Å². The van der Waals surface area contributed by atoms with Crippen LogP contribution in [0.15, 0.2) is 66.0 Å². The van der Waals surface area contributed by atoms with Gasteiger partial charge >= 0.3 is 0 Å². The lowest BCUT2D eigenvalue weighted by Crippen LogP contribution is -2.54. The highest BCUT2D eigenvalue weighted by molar-refractivity contribution is 6.23. The van der Waals surface area contributed by atoms with E-state index >= 15 is 0 Å². The minimum absolute atomic E-state index is 0.00219. The lowest BCUT2D eigenvalue weighted by atomic mass is 9.98. The minimum atomic E-state index is -1.03. The van der Waals surface area contributed by atoms with Crippen molar-refractivity contribution in [1.82, 2.24) is 39.7 Å². The van der Waals surface area contributed by atoms with E-state index in [4.69, 9.17) is 23.7 Å². The maximum Gasteiger partial charge on any atom is 0.262 e. The average Bonchev–Trinajstić information content (AvgIpc) is 3.83. The summed E-state index contributed by atoms with van der Waals surface area (Å²) in [5.41, 5.74) is 3.61. The fourth-order valence-electron chi connectivity index (χ4n) is 8.09. The van der Waals surface area contributed by atoms with Crippen LogP contribution < -0.4 is 25.1 Å². The monoisotopic (exact) mass is 834 g/mol. The molecule has 0 radical (unpaired) electrons. The van der Waals surface area contributed by atoms with E-state index in [0.29, 0.717) is 54.6 Å². The number of pyridine rings is 2. The number of piperidine rings is 2. The zero-order chi connectivity index (χ0) is 42.6. The van der Waals surface area contributed by atoms with Crippen LogP contribution in [0, 0.1) is 0 Å². The number of ether oxygens (including phenoxy) is 5. The molecule has 4 amide bonds. The molecule has 61 heavy (non-hydrogen) atoms. The van der Waals surface area contributed by atoms with Crippen LogP contribution in [0.5, 0.6) is 17.2 Å². The summed E-state index contributed by atoms with van der Waals surface area (Å²) in [5.74, 6) is -0.478. The van der Waals surface area contributed by atoms with Crippen LogP contribution in [0.25, 0.3) is 21.9 Å². The molecule has 318 valence electrons. The van der Waals surface area contributed by atoms with E-state index in [-0.39, 0.29) is 48.8 Å². The summed E-state index contributed by atoms with van der Waals surface area (Å²) in [6.45, 7) is 3.82. The Bertz CT molecular complexity index is 2530. The number of aromatic nitrogens is 5. The third kappa shape index (κ3) is 8.73. The van der Waals surface area contributed by atoms with Crippen LogP contribution in [0.1, 0.15) is 57.7 Å². The second kappa shape index (κ2) is 18.0. The van der Waals surface area contributed by atoms with E-state index in [1.807, 2.05) is 30.6 Å². The van der Waals surface area contributed by atoms with Crippen molar-refractivity contribution in [3.63, 3.8) is 0 Å². The van der Waals surface area contributed by atoms with Crippen molar-refractivity contribution in [1.29, 1.82) is 0 Å². The van der Waals surface area contributed by atoms with Gasteiger partial charge in [-0.1, -0.05) is 5.21 Å². The zero-order valence-corrected chi connectivity index (χ0v) is 34.1. The molecule has 1 N–H and O–H groups in total. The van der Waals surface area contributed by atoms with Gasteiger partial charge in [-0.2, -0.15) is 0 Å². The summed E-state index contributed by atoms with van der Waals surface area (Å²) in [7, 11) is 5.03. The van der Waals surface area contributed by atoms with Gasteiger partial charge in [0.2, 0.25) is 11.8 Å². The second-order valence-electron chi connectivity index (χ2n) is 15.1. The molecular weight excluding hydrogens is 789 g/mol. The Kier molecular flexibility index (Phi) is 12.2. The third-order valence-electron chi connectivity index (χ3n) is 11.2. The largest absolute Gasteiger partial charge is 0.496 e. The molecule has 2 saturated heterocycles. The van der Waals surface area contributed by atoms with Crippen molar-refractivity contribution < 1.29 is 42.9 Å². The van der Waals surface area contributed by atoms with Crippen LogP contribution >= 0.6 is 0 Å². The Morgan fingerprint density at radius 3 is 2.46 bits per heavy atom. The number of hydrogen-bond acceptors (Lipinski definition) is 14. The first-order valence-electron chi connectivity index (χ1n) is 20.1. The number of fused-ring (bicyclic) bond motifs is 2. The Hall–Kier alpha value is -6.50. The number of hydrogen-bond donors (Lipinski definition) is 1. The van der Waals surface area contributed by atoms with Crippen LogP contribution in [0.3, 0.4) is 0 Å². The quantitative estimate of drug-likeness (QED) is 0.112. The number of carbonyl (C=O) groups is 4. The van der Waals surface area contributed by atoms with Gasteiger partial charge in [0.05, 0.1) is 75.0 Å². The van der Waals surface area contributed by atoms with Gasteiger partial charge in [-0.15, -0.1) is 5.10 Å². The molecule has 18 heteroatoms. The average molecular weight is 835 g/mol. The summed E-state index contributed by atoms with van der Waals surface area (Å²) < 4.78 is 32.9. The number of imide groups is 2. The lowest BCUT2D eigenvalue weighted by Gasteiger charge is -2.33. The number of rotatable bonds is 16. The number of likely N-dealkylation sites (tertiary alicyclic amines) is 1. The summed E-state index contributed by atoms with van der Waals surface area (Å²) in [4.78, 5) is 70.1. The Balaban J connectivity index is 0.787. The van der Waals surface area contributed by atoms with Crippen molar-refractivity contribution in [2.45, 2.75) is 57.5 Å². The predicted molar refractivity (Wildman–Crippen MR) is 218 cm³/mol. The molecule has 2 unspecified atom stereocenters. The lowest BCUT2D eigenvalue weighted by molar-refractivity contribution is -0.136. The van der Waals surface area contributed by atoms with E-state index in [2.05, 4.69) is 25.5 Å². The molecule has 6 heterocycles. The maximum absolute atomic E-state index is 13.1. The molecule has 3 aliphatic rings. The van der Waals surface area contributed by atoms with E-state index in [0.717, 1.165) is 52.9 Å². The maximum atomic E-state index is 13.1. The van der Waals surface area contributed by atoms with Gasteiger partial charge in [-0.3, -0.25) is 44.1 Å². The van der Waals surface area contributed by atoms with Crippen molar-refractivity contribution in [2.75, 3.05) is 47.1 Å². The molecule has 18 nitrogen and oxygen atoms in total. The summed E-state index contributed by atoms with van der Waals surface area (Å²) >= 11 is 0. The van der Waals surface area contributed by atoms with E-state index in [9.17, 15) is 24.0 Å². The highest BCUT2D eigenvalue weighted by atomic mass is 16.5. The van der Waals surface area contributed by atoms with Crippen LogP contribution in [-0.2, 0) is 45.8 Å². The van der Waals surface area contributed by atoms with Crippen molar-refractivity contribution in [3.05, 3.63) is 93.9 Å². The molecule has 5 aromatic rings. The second-order valence-corrected chi connectivity index (χ2v) is 15.1. The molecule has 2 aromatic carbocycles. The van der Waals surface area contributed by atoms with E-state index in [1.54, 1.807) is 49.0 Å². The van der Waals surface area contributed by atoms with E-state index in [1.165, 1.54) is 12.1 Å².